The number of aliphatic carboxylic acids is 1. The summed E-state index contributed by atoms with van der Waals surface area (Å²) in [6.45, 7) is 3.79. The molecule has 1 aromatic carbocycles. The molecule has 1 aromatic rings. The number of ether oxygens (including phenoxy) is 3. The summed E-state index contributed by atoms with van der Waals surface area (Å²) in [5, 5.41) is 11.7. The summed E-state index contributed by atoms with van der Waals surface area (Å²) in [6.07, 6.45) is 1.97. The second kappa shape index (κ2) is 8.35. The normalized spacial score (nSPS) is 17.1. The molecular weight excluding hydrogens is 314 g/mol. The summed E-state index contributed by atoms with van der Waals surface area (Å²) in [4.78, 5) is 23.6. The highest BCUT2D eigenvalue weighted by Crippen LogP contribution is 2.30. The Morgan fingerprint density at radius 3 is 3.00 bits per heavy atom. The molecule has 0 radical (unpaired) electrons. The van der Waals surface area contributed by atoms with Crippen LogP contribution in [0.4, 0.5) is 0 Å². The van der Waals surface area contributed by atoms with Crippen molar-refractivity contribution in [1.29, 1.82) is 0 Å². The Morgan fingerprint density at radius 2 is 2.33 bits per heavy atom. The summed E-state index contributed by atoms with van der Waals surface area (Å²) >= 11 is 0. The molecule has 1 heterocycles. The van der Waals surface area contributed by atoms with Gasteiger partial charge in [-0.25, -0.2) is 4.79 Å². The number of carboxylic acids is 1. The molecule has 0 saturated carbocycles. The minimum Gasteiger partial charge on any atom is -0.497 e. The fraction of sp³-hybridized carbons (Fsp3) is 0.412. The van der Waals surface area contributed by atoms with Crippen molar-refractivity contribution in [1.82, 2.24) is 5.32 Å². The van der Waals surface area contributed by atoms with Crippen LogP contribution in [0.25, 0.3) is 0 Å². The predicted octanol–water partition coefficient (Wildman–Crippen LogP) is 1.02. The quantitative estimate of drug-likeness (QED) is 0.544. The zero-order valence-corrected chi connectivity index (χ0v) is 13.5. The molecule has 0 aromatic heterocycles. The Morgan fingerprint density at radius 1 is 1.54 bits per heavy atom. The van der Waals surface area contributed by atoms with Crippen LogP contribution in [0, 0.1) is 5.92 Å². The summed E-state index contributed by atoms with van der Waals surface area (Å²) in [6, 6.07) is 4.29. The first kappa shape index (κ1) is 17.8. The number of carboxylic acid groups (broad SMARTS) is 1. The fourth-order valence-electron chi connectivity index (χ4n) is 2.40. The van der Waals surface area contributed by atoms with Gasteiger partial charge < -0.3 is 24.6 Å². The molecule has 0 aliphatic carbocycles. The van der Waals surface area contributed by atoms with Gasteiger partial charge in [0.2, 0.25) is 5.91 Å². The maximum atomic E-state index is 12.3. The molecule has 1 aliphatic heterocycles. The molecule has 0 fully saturated rings. The number of carbonyl (C=O) groups excluding carboxylic acids is 1. The molecule has 1 aliphatic rings. The van der Waals surface area contributed by atoms with Gasteiger partial charge in [0.05, 0.1) is 26.2 Å². The van der Waals surface area contributed by atoms with Crippen molar-refractivity contribution in [2.75, 3.05) is 26.9 Å². The van der Waals surface area contributed by atoms with Gasteiger partial charge in [-0.1, -0.05) is 6.08 Å². The van der Waals surface area contributed by atoms with E-state index in [1.807, 2.05) is 6.07 Å². The average molecular weight is 335 g/mol. The third kappa shape index (κ3) is 4.48. The maximum Gasteiger partial charge on any atom is 0.328 e. The fourth-order valence-corrected chi connectivity index (χ4v) is 2.40. The van der Waals surface area contributed by atoms with E-state index in [1.54, 1.807) is 19.2 Å². The molecule has 130 valence electrons. The van der Waals surface area contributed by atoms with E-state index in [2.05, 4.69) is 11.9 Å². The Hall–Kier alpha value is -2.54. The van der Waals surface area contributed by atoms with Crippen LogP contribution in [-0.2, 0) is 20.7 Å². The average Bonchev–Trinajstić information content (AvgIpc) is 2.59. The largest absolute Gasteiger partial charge is 0.497 e. The number of fused-ring (bicyclic) bond motifs is 1. The first-order valence-corrected chi connectivity index (χ1v) is 7.56. The molecule has 0 spiro atoms. The number of hydrogen-bond donors (Lipinski definition) is 2. The van der Waals surface area contributed by atoms with E-state index >= 15 is 0 Å². The van der Waals surface area contributed by atoms with E-state index in [0.717, 1.165) is 5.56 Å². The van der Waals surface area contributed by atoms with Gasteiger partial charge in [-0.2, -0.15) is 0 Å². The summed E-state index contributed by atoms with van der Waals surface area (Å²) in [5.74, 6) is -0.598. The number of rotatable bonds is 8. The number of hydrogen-bond acceptors (Lipinski definition) is 5. The molecule has 0 saturated heterocycles. The minimum absolute atomic E-state index is 0.120. The van der Waals surface area contributed by atoms with E-state index in [4.69, 9.17) is 14.2 Å². The van der Waals surface area contributed by atoms with Crippen LogP contribution in [0.1, 0.15) is 5.56 Å². The molecule has 2 atom stereocenters. The second-order valence-electron chi connectivity index (χ2n) is 5.41. The third-order valence-corrected chi connectivity index (χ3v) is 3.68. The Bertz CT molecular complexity index is 615. The Labute approximate surface area is 140 Å². The highest BCUT2D eigenvalue weighted by Gasteiger charge is 2.29. The topological polar surface area (TPSA) is 94.1 Å². The number of carbonyl (C=O) groups is 2. The number of nitrogens with one attached hydrogen (secondary N) is 1. The summed E-state index contributed by atoms with van der Waals surface area (Å²) in [7, 11) is 1.57. The van der Waals surface area contributed by atoms with Gasteiger partial charge in [0, 0.05) is 0 Å². The van der Waals surface area contributed by atoms with E-state index in [0.29, 0.717) is 17.9 Å². The molecule has 2 N–H and O–H groups in total. The molecular formula is C17H21NO6. The van der Waals surface area contributed by atoms with Gasteiger partial charge >= 0.3 is 5.97 Å². The van der Waals surface area contributed by atoms with E-state index < -0.39 is 17.9 Å². The molecule has 2 unspecified atom stereocenters. The molecule has 1 amide bonds. The van der Waals surface area contributed by atoms with Gasteiger partial charge in [-0.15, -0.1) is 6.58 Å². The monoisotopic (exact) mass is 335 g/mol. The van der Waals surface area contributed by atoms with Crippen molar-refractivity contribution in [2.45, 2.75) is 12.5 Å². The van der Waals surface area contributed by atoms with Crippen LogP contribution in [0.3, 0.4) is 0 Å². The van der Waals surface area contributed by atoms with Crippen molar-refractivity contribution in [3.63, 3.8) is 0 Å². The van der Waals surface area contributed by atoms with Crippen molar-refractivity contribution in [3.05, 3.63) is 36.4 Å². The van der Waals surface area contributed by atoms with Crippen LogP contribution < -0.4 is 14.8 Å². The predicted molar refractivity (Wildman–Crippen MR) is 86.3 cm³/mol. The highest BCUT2D eigenvalue weighted by atomic mass is 16.5. The molecule has 0 bridgehead atoms. The molecule has 2 rings (SSSR count). The van der Waals surface area contributed by atoms with Gasteiger partial charge in [0.25, 0.3) is 0 Å². The third-order valence-electron chi connectivity index (χ3n) is 3.68. The first-order valence-electron chi connectivity index (χ1n) is 7.56. The van der Waals surface area contributed by atoms with E-state index in [-0.39, 0.29) is 25.7 Å². The SMILES string of the molecule is C=CCOCC(NC(=O)C1COc2ccc(OC)cc2C1)C(=O)O. The molecule has 7 nitrogen and oxygen atoms in total. The molecule has 7 heteroatoms. The van der Waals surface area contributed by atoms with Gasteiger partial charge in [-0.3, -0.25) is 4.79 Å². The van der Waals surface area contributed by atoms with Crippen molar-refractivity contribution >= 4 is 11.9 Å². The van der Waals surface area contributed by atoms with Gasteiger partial charge in [0.1, 0.15) is 18.1 Å². The van der Waals surface area contributed by atoms with Crippen molar-refractivity contribution in [2.24, 2.45) is 5.92 Å². The Balaban J connectivity index is 1.99. The lowest BCUT2D eigenvalue weighted by molar-refractivity contribution is -0.144. The van der Waals surface area contributed by atoms with Gasteiger partial charge in [0.15, 0.2) is 6.04 Å². The van der Waals surface area contributed by atoms with Crippen LogP contribution in [0.15, 0.2) is 30.9 Å². The highest BCUT2D eigenvalue weighted by molar-refractivity contribution is 5.85. The maximum absolute atomic E-state index is 12.3. The van der Waals surface area contributed by atoms with Crippen LogP contribution in [0.2, 0.25) is 0 Å². The minimum atomic E-state index is -1.15. The lowest BCUT2D eigenvalue weighted by Gasteiger charge is -2.26. The Kier molecular flexibility index (Phi) is 6.20. The van der Waals surface area contributed by atoms with Crippen molar-refractivity contribution < 1.29 is 28.9 Å². The smallest absolute Gasteiger partial charge is 0.328 e. The summed E-state index contributed by atoms with van der Waals surface area (Å²) in [5.41, 5.74) is 0.857. The number of methoxy groups -OCH3 is 1. The zero-order chi connectivity index (χ0) is 17.5. The first-order chi connectivity index (χ1) is 11.5. The van der Waals surface area contributed by atoms with Crippen molar-refractivity contribution in [3.8, 4) is 11.5 Å². The van der Waals surface area contributed by atoms with Crippen LogP contribution in [-0.4, -0.2) is 50.0 Å². The van der Waals surface area contributed by atoms with E-state index in [9.17, 15) is 14.7 Å². The van der Waals surface area contributed by atoms with Crippen LogP contribution in [0.5, 0.6) is 11.5 Å². The zero-order valence-electron chi connectivity index (χ0n) is 13.5. The molecule has 24 heavy (non-hydrogen) atoms. The van der Waals surface area contributed by atoms with E-state index in [1.165, 1.54) is 6.08 Å². The van der Waals surface area contributed by atoms with Gasteiger partial charge in [-0.05, 0) is 30.2 Å². The summed E-state index contributed by atoms with van der Waals surface area (Å²) < 4.78 is 15.9. The number of amides is 1. The lowest BCUT2D eigenvalue weighted by atomic mass is 9.95. The van der Waals surface area contributed by atoms with Crippen LogP contribution >= 0.6 is 0 Å². The number of benzene rings is 1. The second-order valence-corrected chi connectivity index (χ2v) is 5.41. The standard InChI is InChI=1S/C17H21NO6/c1-3-6-23-10-14(17(20)21)18-16(19)12-7-11-8-13(22-2)4-5-15(11)24-9-12/h3-5,8,12,14H,1,6-7,9-10H2,2H3,(H,18,19)(H,20,21). The lowest BCUT2D eigenvalue weighted by Crippen LogP contribution is -2.48.